The number of aliphatic imine (C=N–C) groups is 1. The molecule has 0 radical (unpaired) electrons. The Morgan fingerprint density at radius 2 is 1.43 bits per heavy atom. The largest absolute Gasteiger partial charge is 1.00 e. The molecule has 0 saturated carbocycles. The number of hydrogen-bond acceptors (Lipinski definition) is 4. The predicted molar refractivity (Wildman–Crippen MR) is 79.8 cm³/mol. The van der Waals surface area contributed by atoms with Crippen molar-refractivity contribution in [3.05, 3.63) is 0 Å². The molecule has 0 aliphatic rings. The van der Waals surface area contributed by atoms with Gasteiger partial charge in [0.1, 0.15) is 0 Å². The third kappa shape index (κ3) is 9.43. The molecule has 0 spiro atoms. The van der Waals surface area contributed by atoms with Crippen LogP contribution in [-0.2, 0) is 9.59 Å². The van der Waals surface area contributed by atoms with Crippen LogP contribution in [0.25, 0.3) is 0 Å². The number of unbranched alkanes of at least 4 members (excludes halogenated alkanes) is 8. The van der Waals surface area contributed by atoms with E-state index in [0.717, 1.165) is 12.8 Å². The fourth-order valence-corrected chi connectivity index (χ4v) is 2.11. The molecule has 1 atom stereocenters. The molecule has 0 fully saturated rings. The van der Waals surface area contributed by atoms with Gasteiger partial charge in [-0.15, -0.1) is 0 Å². The van der Waals surface area contributed by atoms with Crippen molar-refractivity contribution in [2.45, 2.75) is 83.6 Å². The number of carbonyl (C=O) groups excluding carboxylic acids is 2. The van der Waals surface area contributed by atoms with E-state index in [2.05, 4.69) is 18.6 Å². The molecule has 0 heterocycles. The van der Waals surface area contributed by atoms with Crippen molar-refractivity contribution in [1.82, 2.24) is 0 Å². The second-order valence-electron chi connectivity index (χ2n) is 5.52. The molecule has 0 N–H and O–H groups in total. The predicted octanol–water partition coefficient (Wildman–Crippen LogP) is -0.310. The number of aliphatic carboxylic acids is 1. The Morgan fingerprint density at radius 3 is 1.81 bits per heavy atom. The first-order valence-electron chi connectivity index (χ1n) is 7.71. The zero-order valence-electron chi connectivity index (χ0n) is 14.0. The topological polar surface area (TPSA) is 69.6 Å². The minimum Gasteiger partial charge on any atom is -0.547 e. The van der Waals surface area contributed by atoms with Crippen LogP contribution in [0.2, 0.25) is 0 Å². The van der Waals surface area contributed by atoms with Crippen LogP contribution < -0.4 is 34.7 Å². The summed E-state index contributed by atoms with van der Waals surface area (Å²) in [5, 5.41) is 10.9. The summed E-state index contributed by atoms with van der Waals surface area (Å²) in [6.45, 7) is 6.64. The standard InChI is InChI=1S/C16H29NO3.Na/c1-4-5-6-7-8-9-10-11-12-13-14(18)16(2,17-3)15(19)20;/h3-13H2,1-2H3,(H,19,20);/q;+1/p-1/t16-;/m1./s1. The van der Waals surface area contributed by atoms with E-state index in [1.165, 1.54) is 45.4 Å². The molecule has 0 aromatic rings. The van der Waals surface area contributed by atoms with Gasteiger partial charge in [-0.1, -0.05) is 58.3 Å². The molecular formula is C16H28NNaO3. The van der Waals surface area contributed by atoms with Crippen molar-refractivity contribution >= 4 is 18.5 Å². The number of rotatable bonds is 13. The van der Waals surface area contributed by atoms with Gasteiger partial charge in [0.15, 0.2) is 11.3 Å². The van der Waals surface area contributed by atoms with Crippen molar-refractivity contribution in [1.29, 1.82) is 0 Å². The number of nitrogens with zero attached hydrogens (tertiary/aromatic N) is 1. The molecule has 0 aliphatic heterocycles. The number of carboxylic acid groups (broad SMARTS) is 1. The second kappa shape index (κ2) is 13.5. The summed E-state index contributed by atoms with van der Waals surface area (Å²) in [6, 6.07) is 0. The van der Waals surface area contributed by atoms with Crippen molar-refractivity contribution in [2.24, 2.45) is 4.99 Å². The second-order valence-corrected chi connectivity index (χ2v) is 5.52. The van der Waals surface area contributed by atoms with Crippen LogP contribution in [0.5, 0.6) is 0 Å². The number of carboxylic acids is 1. The summed E-state index contributed by atoms with van der Waals surface area (Å²) in [6.07, 6.45) is 10.6. The van der Waals surface area contributed by atoms with Crippen LogP contribution >= 0.6 is 0 Å². The monoisotopic (exact) mass is 305 g/mol. The van der Waals surface area contributed by atoms with Crippen LogP contribution in [0.4, 0.5) is 0 Å². The maximum Gasteiger partial charge on any atom is 1.00 e. The summed E-state index contributed by atoms with van der Waals surface area (Å²) < 4.78 is 0. The summed E-state index contributed by atoms with van der Waals surface area (Å²) in [4.78, 5) is 26.1. The zero-order chi connectivity index (χ0) is 15.4. The molecule has 0 aromatic heterocycles. The Kier molecular flexibility index (Phi) is 14.8. The summed E-state index contributed by atoms with van der Waals surface area (Å²) >= 11 is 0. The van der Waals surface area contributed by atoms with Crippen LogP contribution in [0, 0.1) is 0 Å². The van der Waals surface area contributed by atoms with Gasteiger partial charge in [-0.3, -0.25) is 9.79 Å². The Hall–Kier alpha value is -0.190. The van der Waals surface area contributed by atoms with Crippen molar-refractivity contribution < 1.29 is 44.3 Å². The fraction of sp³-hybridized carbons (Fsp3) is 0.812. The van der Waals surface area contributed by atoms with Crippen molar-refractivity contribution in [2.75, 3.05) is 0 Å². The van der Waals surface area contributed by atoms with Gasteiger partial charge in [-0.05, 0) is 20.1 Å². The maximum absolute atomic E-state index is 11.8. The summed E-state index contributed by atoms with van der Waals surface area (Å²) in [5.74, 6) is -1.87. The van der Waals surface area contributed by atoms with Gasteiger partial charge in [0.2, 0.25) is 0 Å². The van der Waals surface area contributed by atoms with Gasteiger partial charge in [-0.25, -0.2) is 0 Å². The van der Waals surface area contributed by atoms with Crippen LogP contribution in [0.15, 0.2) is 4.99 Å². The number of Topliss-reactive ketones (excluding diaryl/α,β-unsaturated/α-hetero) is 1. The molecule has 0 amide bonds. The SMILES string of the molecule is C=N[C@@](C)(C(=O)[O-])C(=O)CCCCCCCCCCC.[Na+]. The number of hydrogen-bond donors (Lipinski definition) is 0. The molecule has 21 heavy (non-hydrogen) atoms. The number of ketones is 1. The summed E-state index contributed by atoms with van der Waals surface area (Å²) in [5.41, 5.74) is -1.78. The normalized spacial score (nSPS) is 13.0. The average molecular weight is 305 g/mol. The zero-order valence-corrected chi connectivity index (χ0v) is 16.0. The molecule has 0 saturated heterocycles. The van der Waals surface area contributed by atoms with E-state index in [1.54, 1.807) is 0 Å². The van der Waals surface area contributed by atoms with Crippen molar-refractivity contribution in [3.63, 3.8) is 0 Å². The van der Waals surface area contributed by atoms with E-state index in [1.807, 2.05) is 0 Å². The molecule has 0 unspecified atom stereocenters. The van der Waals surface area contributed by atoms with Crippen LogP contribution in [-0.4, -0.2) is 24.0 Å². The molecule has 4 nitrogen and oxygen atoms in total. The molecule has 0 aliphatic carbocycles. The Labute approximate surface area is 151 Å². The van der Waals surface area contributed by atoms with Crippen LogP contribution in [0.3, 0.4) is 0 Å². The van der Waals surface area contributed by atoms with Gasteiger partial charge in [-0.2, -0.15) is 0 Å². The Morgan fingerprint density at radius 1 is 1.00 bits per heavy atom. The minimum atomic E-state index is -1.78. The maximum atomic E-state index is 11.8. The first kappa shape index (κ1) is 23.1. The molecule has 0 aromatic carbocycles. The van der Waals surface area contributed by atoms with Crippen LogP contribution in [0.1, 0.15) is 78.1 Å². The van der Waals surface area contributed by atoms with E-state index < -0.39 is 17.3 Å². The first-order valence-corrected chi connectivity index (χ1v) is 7.71. The van der Waals surface area contributed by atoms with E-state index in [-0.39, 0.29) is 36.0 Å². The van der Waals surface area contributed by atoms with E-state index >= 15 is 0 Å². The van der Waals surface area contributed by atoms with Gasteiger partial charge in [0.25, 0.3) is 0 Å². The molecule has 0 bridgehead atoms. The third-order valence-electron chi connectivity index (χ3n) is 3.76. The molecule has 116 valence electrons. The molecular weight excluding hydrogens is 277 g/mol. The fourth-order valence-electron chi connectivity index (χ4n) is 2.11. The third-order valence-corrected chi connectivity index (χ3v) is 3.76. The Balaban J connectivity index is 0. The van der Waals surface area contributed by atoms with Gasteiger partial charge in [0.05, 0.1) is 5.97 Å². The quantitative estimate of drug-likeness (QED) is 0.203. The number of carbonyl (C=O) groups is 2. The smallest absolute Gasteiger partial charge is 0.547 e. The minimum absolute atomic E-state index is 0. The Bertz CT molecular complexity index is 321. The van der Waals surface area contributed by atoms with Gasteiger partial charge in [0, 0.05) is 6.42 Å². The molecule has 0 rings (SSSR count). The average Bonchev–Trinajstić information content (AvgIpc) is 2.44. The van der Waals surface area contributed by atoms with E-state index in [9.17, 15) is 14.7 Å². The van der Waals surface area contributed by atoms with E-state index in [0.29, 0.717) is 6.42 Å². The van der Waals surface area contributed by atoms with Crippen molar-refractivity contribution in [3.8, 4) is 0 Å². The molecule has 5 heteroatoms. The van der Waals surface area contributed by atoms with Gasteiger partial charge >= 0.3 is 29.6 Å². The first-order chi connectivity index (χ1) is 9.49. The summed E-state index contributed by atoms with van der Waals surface area (Å²) in [7, 11) is 0. The van der Waals surface area contributed by atoms with Gasteiger partial charge < -0.3 is 9.90 Å². The van der Waals surface area contributed by atoms with E-state index in [4.69, 9.17) is 0 Å².